The molecule has 0 aliphatic heterocycles. The van der Waals surface area contributed by atoms with E-state index in [-0.39, 0.29) is 0 Å². The Kier molecular flexibility index (Phi) is 2.53. The number of aryl methyl sites for hydroxylation is 2. The minimum atomic E-state index is 0.421. The molecule has 0 bridgehead atoms. The standard InChI is InChI=1S/C10H14O/c1-3-8-5-6-10(11)9(4-2)7-8/h5-7,11H,3-4H2,1-2H3. The fourth-order valence-electron chi connectivity index (χ4n) is 1.14. The Morgan fingerprint density at radius 2 is 1.91 bits per heavy atom. The van der Waals surface area contributed by atoms with Crippen LogP contribution in [0.1, 0.15) is 25.0 Å². The maximum atomic E-state index is 9.33. The molecule has 0 saturated carbocycles. The van der Waals surface area contributed by atoms with E-state index in [1.165, 1.54) is 5.56 Å². The lowest BCUT2D eigenvalue weighted by molar-refractivity contribution is 0.468. The van der Waals surface area contributed by atoms with E-state index in [2.05, 4.69) is 19.9 Å². The lowest BCUT2D eigenvalue weighted by Gasteiger charge is -2.03. The number of benzene rings is 1. The average molecular weight is 150 g/mol. The van der Waals surface area contributed by atoms with Crippen molar-refractivity contribution in [2.24, 2.45) is 0 Å². The normalized spacial score (nSPS) is 10.0. The topological polar surface area (TPSA) is 20.2 Å². The van der Waals surface area contributed by atoms with Crippen LogP contribution in [0.15, 0.2) is 18.2 Å². The zero-order valence-corrected chi connectivity index (χ0v) is 7.09. The Morgan fingerprint density at radius 1 is 1.18 bits per heavy atom. The molecule has 0 aliphatic carbocycles. The molecule has 0 fully saturated rings. The third kappa shape index (κ3) is 1.73. The second kappa shape index (κ2) is 3.42. The van der Waals surface area contributed by atoms with Crippen LogP contribution in [0.5, 0.6) is 5.75 Å². The Balaban J connectivity index is 3.02. The quantitative estimate of drug-likeness (QED) is 0.686. The summed E-state index contributed by atoms with van der Waals surface area (Å²) in [6.45, 7) is 4.17. The van der Waals surface area contributed by atoms with Gasteiger partial charge in [0.2, 0.25) is 0 Å². The van der Waals surface area contributed by atoms with Crippen LogP contribution in [0, 0.1) is 0 Å². The minimum Gasteiger partial charge on any atom is -0.508 e. The van der Waals surface area contributed by atoms with Crippen molar-refractivity contribution in [3.05, 3.63) is 29.3 Å². The van der Waals surface area contributed by atoms with Crippen LogP contribution in [-0.4, -0.2) is 5.11 Å². The van der Waals surface area contributed by atoms with Gasteiger partial charge in [0.1, 0.15) is 5.75 Å². The van der Waals surface area contributed by atoms with Crippen LogP contribution in [0.25, 0.3) is 0 Å². The van der Waals surface area contributed by atoms with E-state index >= 15 is 0 Å². The third-order valence-electron chi connectivity index (χ3n) is 1.93. The van der Waals surface area contributed by atoms with Crippen molar-refractivity contribution in [2.45, 2.75) is 26.7 Å². The van der Waals surface area contributed by atoms with Gasteiger partial charge >= 0.3 is 0 Å². The van der Waals surface area contributed by atoms with Gasteiger partial charge in [-0.2, -0.15) is 0 Å². The van der Waals surface area contributed by atoms with Crippen molar-refractivity contribution in [3.63, 3.8) is 0 Å². The second-order valence-electron chi connectivity index (χ2n) is 2.67. The van der Waals surface area contributed by atoms with Gasteiger partial charge < -0.3 is 5.11 Å². The summed E-state index contributed by atoms with van der Waals surface area (Å²) < 4.78 is 0. The van der Waals surface area contributed by atoms with Gasteiger partial charge in [0, 0.05) is 0 Å². The summed E-state index contributed by atoms with van der Waals surface area (Å²) in [5.41, 5.74) is 2.34. The van der Waals surface area contributed by atoms with Crippen LogP contribution in [-0.2, 0) is 12.8 Å². The molecule has 11 heavy (non-hydrogen) atoms. The zero-order valence-electron chi connectivity index (χ0n) is 7.09. The predicted molar refractivity (Wildman–Crippen MR) is 46.9 cm³/mol. The van der Waals surface area contributed by atoms with Gasteiger partial charge in [0.05, 0.1) is 0 Å². The molecular formula is C10H14O. The fourth-order valence-corrected chi connectivity index (χ4v) is 1.14. The molecule has 60 valence electrons. The van der Waals surface area contributed by atoms with Crippen molar-refractivity contribution < 1.29 is 5.11 Å². The molecule has 1 aromatic carbocycles. The van der Waals surface area contributed by atoms with Gasteiger partial charge in [-0.3, -0.25) is 0 Å². The van der Waals surface area contributed by atoms with Crippen LogP contribution < -0.4 is 0 Å². The first-order chi connectivity index (χ1) is 5.27. The number of hydrogen-bond acceptors (Lipinski definition) is 1. The Bertz CT molecular complexity index is 241. The molecule has 0 heterocycles. The van der Waals surface area contributed by atoms with E-state index in [0.29, 0.717) is 5.75 Å². The van der Waals surface area contributed by atoms with E-state index in [1.54, 1.807) is 6.07 Å². The van der Waals surface area contributed by atoms with E-state index in [0.717, 1.165) is 18.4 Å². The monoisotopic (exact) mass is 150 g/mol. The molecule has 0 saturated heterocycles. The van der Waals surface area contributed by atoms with E-state index < -0.39 is 0 Å². The molecule has 1 N–H and O–H groups in total. The number of phenols is 1. The summed E-state index contributed by atoms with van der Waals surface area (Å²) in [6.07, 6.45) is 1.94. The minimum absolute atomic E-state index is 0.421. The van der Waals surface area contributed by atoms with Gasteiger partial charge in [-0.25, -0.2) is 0 Å². The first-order valence-corrected chi connectivity index (χ1v) is 4.08. The molecule has 0 radical (unpaired) electrons. The summed E-state index contributed by atoms with van der Waals surface area (Å²) in [5, 5.41) is 9.33. The molecule has 1 rings (SSSR count). The van der Waals surface area contributed by atoms with Gasteiger partial charge in [-0.15, -0.1) is 0 Å². The maximum absolute atomic E-state index is 9.33. The summed E-state index contributed by atoms with van der Waals surface area (Å²) in [7, 11) is 0. The van der Waals surface area contributed by atoms with Crippen LogP contribution in [0.4, 0.5) is 0 Å². The smallest absolute Gasteiger partial charge is 0.118 e. The molecule has 0 amide bonds. The SMILES string of the molecule is CCc1ccc(O)c(CC)c1. The van der Waals surface area contributed by atoms with Gasteiger partial charge in [-0.1, -0.05) is 26.0 Å². The van der Waals surface area contributed by atoms with Crippen LogP contribution >= 0.6 is 0 Å². The zero-order chi connectivity index (χ0) is 8.27. The second-order valence-corrected chi connectivity index (χ2v) is 2.67. The molecule has 0 unspecified atom stereocenters. The first kappa shape index (κ1) is 8.12. The lowest BCUT2D eigenvalue weighted by Crippen LogP contribution is -1.85. The Labute approximate surface area is 67.7 Å². The highest BCUT2D eigenvalue weighted by atomic mass is 16.3. The summed E-state index contributed by atoms with van der Waals surface area (Å²) in [4.78, 5) is 0. The van der Waals surface area contributed by atoms with Crippen molar-refractivity contribution >= 4 is 0 Å². The highest BCUT2D eigenvalue weighted by Crippen LogP contribution is 2.18. The molecule has 0 spiro atoms. The number of hydrogen-bond donors (Lipinski definition) is 1. The number of aromatic hydroxyl groups is 1. The van der Waals surface area contributed by atoms with Gasteiger partial charge in [-0.05, 0) is 30.0 Å². The molecular weight excluding hydrogens is 136 g/mol. The van der Waals surface area contributed by atoms with Gasteiger partial charge in [0.25, 0.3) is 0 Å². The first-order valence-electron chi connectivity index (χ1n) is 4.08. The average Bonchev–Trinajstić information content (AvgIpc) is 2.05. The molecule has 1 nitrogen and oxygen atoms in total. The highest BCUT2D eigenvalue weighted by molar-refractivity contribution is 5.35. The van der Waals surface area contributed by atoms with Gasteiger partial charge in [0.15, 0.2) is 0 Å². The highest BCUT2D eigenvalue weighted by Gasteiger charge is 1.98. The number of rotatable bonds is 2. The fraction of sp³-hybridized carbons (Fsp3) is 0.400. The molecule has 0 aliphatic rings. The third-order valence-corrected chi connectivity index (χ3v) is 1.93. The van der Waals surface area contributed by atoms with E-state index in [1.807, 2.05) is 6.07 Å². The van der Waals surface area contributed by atoms with E-state index in [4.69, 9.17) is 0 Å². The van der Waals surface area contributed by atoms with Crippen molar-refractivity contribution in [3.8, 4) is 5.75 Å². The molecule has 0 atom stereocenters. The Hall–Kier alpha value is -0.980. The van der Waals surface area contributed by atoms with Crippen molar-refractivity contribution in [2.75, 3.05) is 0 Å². The summed E-state index contributed by atoms with van der Waals surface area (Å²) in [6, 6.07) is 5.81. The van der Waals surface area contributed by atoms with Crippen molar-refractivity contribution in [1.29, 1.82) is 0 Å². The predicted octanol–water partition coefficient (Wildman–Crippen LogP) is 2.52. The largest absolute Gasteiger partial charge is 0.508 e. The Morgan fingerprint density at radius 3 is 2.45 bits per heavy atom. The van der Waals surface area contributed by atoms with Crippen LogP contribution in [0.2, 0.25) is 0 Å². The van der Waals surface area contributed by atoms with Crippen molar-refractivity contribution in [1.82, 2.24) is 0 Å². The summed E-state index contributed by atoms with van der Waals surface area (Å²) >= 11 is 0. The van der Waals surface area contributed by atoms with E-state index in [9.17, 15) is 5.11 Å². The summed E-state index contributed by atoms with van der Waals surface area (Å²) in [5.74, 6) is 0.421. The molecule has 1 aromatic rings. The lowest BCUT2D eigenvalue weighted by atomic mass is 10.1. The number of phenolic OH excluding ortho intramolecular Hbond substituents is 1. The maximum Gasteiger partial charge on any atom is 0.118 e. The molecule has 1 heteroatoms. The molecule has 0 aromatic heterocycles. The van der Waals surface area contributed by atoms with Crippen LogP contribution in [0.3, 0.4) is 0 Å².